The molecule has 0 aliphatic carbocycles. The Hall–Kier alpha value is -0.550. The molecule has 90 valence electrons. The highest BCUT2D eigenvalue weighted by Gasteiger charge is 2.05. The van der Waals surface area contributed by atoms with Crippen LogP contribution in [0.3, 0.4) is 0 Å². The van der Waals surface area contributed by atoms with Crippen LogP contribution in [0.15, 0.2) is 20.9 Å². The lowest BCUT2D eigenvalue weighted by Gasteiger charge is -2.17. The third-order valence-corrected chi connectivity index (χ3v) is 3.71. The van der Waals surface area contributed by atoms with Gasteiger partial charge in [0.05, 0.1) is 6.54 Å². The van der Waals surface area contributed by atoms with E-state index in [4.69, 9.17) is 5.73 Å². The van der Waals surface area contributed by atoms with Crippen molar-refractivity contribution in [3.8, 4) is 0 Å². The third kappa shape index (κ3) is 4.53. The molecule has 0 atom stereocenters. The van der Waals surface area contributed by atoms with Gasteiger partial charge in [0.25, 0.3) is 0 Å². The van der Waals surface area contributed by atoms with Crippen LogP contribution in [-0.2, 0) is 6.54 Å². The van der Waals surface area contributed by atoms with Gasteiger partial charge in [-0.05, 0) is 27.9 Å². The van der Waals surface area contributed by atoms with E-state index in [1.165, 1.54) is 4.88 Å². The van der Waals surface area contributed by atoms with Gasteiger partial charge in [-0.1, -0.05) is 13.8 Å². The summed E-state index contributed by atoms with van der Waals surface area (Å²) in [5, 5.41) is 2.07. The first-order chi connectivity index (χ1) is 7.49. The summed E-state index contributed by atoms with van der Waals surface area (Å²) in [5.41, 5.74) is 5.89. The Labute approximate surface area is 109 Å². The van der Waals surface area contributed by atoms with Gasteiger partial charge in [0.1, 0.15) is 0 Å². The number of nitrogens with zero attached hydrogens (tertiary/aromatic N) is 2. The van der Waals surface area contributed by atoms with Crippen molar-refractivity contribution in [2.24, 2.45) is 16.6 Å². The van der Waals surface area contributed by atoms with Crippen molar-refractivity contribution in [1.29, 1.82) is 0 Å². The van der Waals surface area contributed by atoms with E-state index in [-0.39, 0.29) is 0 Å². The van der Waals surface area contributed by atoms with Gasteiger partial charge in [0.2, 0.25) is 0 Å². The van der Waals surface area contributed by atoms with Gasteiger partial charge >= 0.3 is 0 Å². The van der Waals surface area contributed by atoms with Crippen molar-refractivity contribution < 1.29 is 0 Å². The largest absolute Gasteiger partial charge is 0.370 e. The second-order valence-electron chi connectivity index (χ2n) is 4.18. The van der Waals surface area contributed by atoms with Crippen molar-refractivity contribution in [3.63, 3.8) is 0 Å². The van der Waals surface area contributed by atoms with Gasteiger partial charge in [-0.15, -0.1) is 11.3 Å². The minimum absolute atomic E-state index is 0.544. The molecule has 1 aromatic heterocycles. The number of nitrogens with two attached hydrogens (primary N) is 1. The number of hydrogen-bond donors (Lipinski definition) is 1. The van der Waals surface area contributed by atoms with Crippen molar-refractivity contribution in [2.45, 2.75) is 20.4 Å². The normalized spacial score (nSPS) is 12.2. The topological polar surface area (TPSA) is 41.6 Å². The molecule has 0 bridgehead atoms. The lowest BCUT2D eigenvalue weighted by Crippen LogP contribution is -2.33. The average Bonchev–Trinajstić information content (AvgIpc) is 2.60. The quantitative estimate of drug-likeness (QED) is 0.686. The van der Waals surface area contributed by atoms with Crippen molar-refractivity contribution in [2.75, 3.05) is 13.6 Å². The van der Waals surface area contributed by atoms with Crippen LogP contribution in [0.2, 0.25) is 0 Å². The van der Waals surface area contributed by atoms with Crippen LogP contribution in [0.4, 0.5) is 0 Å². The first-order valence-corrected chi connectivity index (χ1v) is 6.90. The highest BCUT2D eigenvalue weighted by molar-refractivity contribution is 9.10. The van der Waals surface area contributed by atoms with E-state index >= 15 is 0 Å². The maximum absolute atomic E-state index is 5.89. The Morgan fingerprint density at radius 3 is 2.81 bits per heavy atom. The molecule has 2 N–H and O–H groups in total. The molecule has 0 saturated heterocycles. The highest BCUT2D eigenvalue weighted by atomic mass is 79.9. The standard InChI is InChI=1S/C11H18BrN3S/c1-8(2)5-14-11(13)15(3)6-10-4-9(12)7-16-10/h4,7-8H,5-6H2,1-3H3,(H2,13,14). The predicted molar refractivity (Wildman–Crippen MR) is 74.8 cm³/mol. The van der Waals surface area contributed by atoms with Crippen molar-refractivity contribution in [1.82, 2.24) is 4.90 Å². The smallest absolute Gasteiger partial charge is 0.191 e. The van der Waals surface area contributed by atoms with Crippen LogP contribution < -0.4 is 5.73 Å². The molecule has 1 aromatic rings. The van der Waals surface area contributed by atoms with Crippen LogP contribution in [-0.4, -0.2) is 24.5 Å². The predicted octanol–water partition coefficient (Wildman–Crippen LogP) is 2.91. The summed E-state index contributed by atoms with van der Waals surface area (Å²) in [4.78, 5) is 7.59. The average molecular weight is 304 g/mol. The van der Waals surface area contributed by atoms with Gasteiger partial charge in [-0.25, -0.2) is 0 Å². The Morgan fingerprint density at radius 2 is 2.31 bits per heavy atom. The van der Waals surface area contributed by atoms with E-state index in [2.05, 4.69) is 46.2 Å². The Kier molecular flexibility index (Phi) is 5.28. The highest BCUT2D eigenvalue weighted by Crippen LogP contribution is 2.20. The molecule has 0 aliphatic rings. The Bertz CT molecular complexity index is 360. The lowest BCUT2D eigenvalue weighted by molar-refractivity contribution is 0.493. The monoisotopic (exact) mass is 303 g/mol. The van der Waals surface area contributed by atoms with Crippen LogP contribution in [0.25, 0.3) is 0 Å². The molecule has 1 rings (SSSR count). The van der Waals surface area contributed by atoms with Gasteiger partial charge in [0, 0.05) is 28.3 Å². The summed E-state index contributed by atoms with van der Waals surface area (Å²) < 4.78 is 1.12. The fourth-order valence-corrected chi connectivity index (χ4v) is 2.65. The lowest BCUT2D eigenvalue weighted by atomic mass is 10.2. The summed E-state index contributed by atoms with van der Waals surface area (Å²) >= 11 is 5.16. The molecule has 0 amide bonds. The number of thiophene rings is 1. The van der Waals surface area contributed by atoms with Gasteiger partial charge < -0.3 is 10.6 Å². The molecule has 0 radical (unpaired) electrons. The minimum Gasteiger partial charge on any atom is -0.370 e. The third-order valence-electron chi connectivity index (χ3n) is 2.02. The second kappa shape index (κ2) is 6.25. The maximum atomic E-state index is 5.89. The van der Waals surface area contributed by atoms with Gasteiger partial charge in [-0.3, -0.25) is 4.99 Å². The molecule has 3 nitrogen and oxygen atoms in total. The Balaban J connectivity index is 2.51. The zero-order valence-corrected chi connectivity index (χ0v) is 12.3. The van der Waals surface area contributed by atoms with Crippen LogP contribution in [0, 0.1) is 5.92 Å². The number of halogens is 1. The van der Waals surface area contributed by atoms with Crippen molar-refractivity contribution >= 4 is 33.2 Å². The summed E-state index contributed by atoms with van der Waals surface area (Å²) in [7, 11) is 1.97. The van der Waals surface area contributed by atoms with Gasteiger partial charge in [-0.2, -0.15) is 0 Å². The first kappa shape index (κ1) is 13.5. The molecular formula is C11H18BrN3S. The molecule has 0 saturated carbocycles. The zero-order valence-electron chi connectivity index (χ0n) is 9.90. The van der Waals surface area contributed by atoms with E-state index in [0.29, 0.717) is 11.9 Å². The molecule has 16 heavy (non-hydrogen) atoms. The summed E-state index contributed by atoms with van der Waals surface area (Å²) in [5.74, 6) is 1.15. The van der Waals surface area contributed by atoms with E-state index in [1.54, 1.807) is 11.3 Å². The fourth-order valence-electron chi connectivity index (χ4n) is 1.15. The molecule has 0 aliphatic heterocycles. The molecule has 0 spiro atoms. The molecule has 1 heterocycles. The minimum atomic E-state index is 0.544. The number of guanidine groups is 1. The summed E-state index contributed by atoms with van der Waals surface area (Å²) in [6.07, 6.45) is 0. The fraction of sp³-hybridized carbons (Fsp3) is 0.545. The molecule has 0 unspecified atom stereocenters. The van der Waals surface area contributed by atoms with E-state index in [0.717, 1.165) is 17.6 Å². The number of aliphatic imine (C=N–C) groups is 1. The molecule has 0 fully saturated rings. The summed E-state index contributed by atoms with van der Waals surface area (Å²) in [6.45, 7) is 5.86. The maximum Gasteiger partial charge on any atom is 0.191 e. The second-order valence-corrected chi connectivity index (χ2v) is 6.09. The Morgan fingerprint density at radius 1 is 1.62 bits per heavy atom. The zero-order chi connectivity index (χ0) is 12.1. The molecular weight excluding hydrogens is 286 g/mol. The van der Waals surface area contributed by atoms with E-state index < -0.39 is 0 Å². The van der Waals surface area contributed by atoms with E-state index in [1.807, 2.05) is 11.9 Å². The molecule has 5 heteroatoms. The van der Waals surface area contributed by atoms with Crippen LogP contribution >= 0.6 is 27.3 Å². The van der Waals surface area contributed by atoms with Crippen LogP contribution in [0.5, 0.6) is 0 Å². The number of rotatable bonds is 4. The SMILES string of the molecule is CC(C)CN=C(N)N(C)Cc1cc(Br)cs1. The summed E-state index contributed by atoms with van der Waals surface area (Å²) in [6, 6.07) is 2.11. The van der Waals surface area contributed by atoms with E-state index in [9.17, 15) is 0 Å². The van der Waals surface area contributed by atoms with Gasteiger partial charge in [0.15, 0.2) is 5.96 Å². The van der Waals surface area contributed by atoms with Crippen molar-refractivity contribution in [3.05, 3.63) is 20.8 Å². The van der Waals surface area contributed by atoms with Crippen LogP contribution in [0.1, 0.15) is 18.7 Å². The molecule has 0 aromatic carbocycles. The number of hydrogen-bond acceptors (Lipinski definition) is 2. The first-order valence-electron chi connectivity index (χ1n) is 5.23.